The van der Waals surface area contributed by atoms with Crippen LogP contribution in [0.2, 0.25) is 0 Å². The van der Waals surface area contributed by atoms with Crippen LogP contribution in [-0.4, -0.2) is 37.0 Å². The molecule has 19 heavy (non-hydrogen) atoms. The molecule has 0 radical (unpaired) electrons. The Morgan fingerprint density at radius 1 is 1.16 bits per heavy atom. The van der Waals surface area contributed by atoms with Gasteiger partial charge in [0.1, 0.15) is 0 Å². The molecule has 0 spiro atoms. The molecule has 1 saturated heterocycles. The molecule has 106 valence electrons. The number of amides is 1. The SMILES string of the molecule is CNC(=O)C1CCN(C2CCCCCC2C#N)CC1. The second-order valence-corrected chi connectivity index (χ2v) is 5.87. The van der Waals surface area contributed by atoms with Gasteiger partial charge in [0.05, 0.1) is 12.0 Å². The van der Waals surface area contributed by atoms with Crippen molar-refractivity contribution < 1.29 is 4.79 Å². The first-order chi connectivity index (χ1) is 9.26. The van der Waals surface area contributed by atoms with E-state index in [1.807, 2.05) is 0 Å². The molecule has 1 amide bonds. The van der Waals surface area contributed by atoms with Gasteiger partial charge in [-0.3, -0.25) is 9.69 Å². The Kier molecular flexibility index (Phi) is 5.21. The quantitative estimate of drug-likeness (QED) is 0.774. The minimum Gasteiger partial charge on any atom is -0.359 e. The fraction of sp³-hybridized carbons (Fsp3) is 0.867. The molecule has 2 aliphatic rings. The Morgan fingerprint density at radius 3 is 2.47 bits per heavy atom. The van der Waals surface area contributed by atoms with Crippen LogP contribution in [0, 0.1) is 23.2 Å². The van der Waals surface area contributed by atoms with Crippen molar-refractivity contribution >= 4 is 5.91 Å². The Morgan fingerprint density at radius 2 is 1.84 bits per heavy atom. The lowest BCUT2D eigenvalue weighted by molar-refractivity contribution is -0.126. The van der Waals surface area contributed by atoms with E-state index in [0.29, 0.717) is 6.04 Å². The zero-order valence-electron chi connectivity index (χ0n) is 11.9. The van der Waals surface area contributed by atoms with Crippen LogP contribution in [0.3, 0.4) is 0 Å². The topological polar surface area (TPSA) is 56.1 Å². The molecule has 1 saturated carbocycles. The lowest BCUT2D eigenvalue weighted by Gasteiger charge is -2.38. The Labute approximate surface area is 116 Å². The summed E-state index contributed by atoms with van der Waals surface area (Å²) in [5.74, 6) is 0.545. The minimum atomic E-state index is 0.174. The summed E-state index contributed by atoms with van der Waals surface area (Å²) in [6, 6.07) is 2.94. The molecule has 1 N–H and O–H groups in total. The fourth-order valence-corrected chi connectivity index (χ4v) is 3.57. The van der Waals surface area contributed by atoms with Gasteiger partial charge in [0, 0.05) is 19.0 Å². The van der Waals surface area contributed by atoms with E-state index in [-0.39, 0.29) is 17.7 Å². The van der Waals surface area contributed by atoms with Crippen molar-refractivity contribution in [2.24, 2.45) is 11.8 Å². The number of piperidine rings is 1. The van der Waals surface area contributed by atoms with Crippen molar-refractivity contribution in [2.45, 2.75) is 51.0 Å². The van der Waals surface area contributed by atoms with Crippen LogP contribution in [0.15, 0.2) is 0 Å². The van der Waals surface area contributed by atoms with Crippen LogP contribution in [-0.2, 0) is 4.79 Å². The number of rotatable bonds is 2. The minimum absolute atomic E-state index is 0.174. The van der Waals surface area contributed by atoms with E-state index < -0.39 is 0 Å². The summed E-state index contributed by atoms with van der Waals surface area (Å²) in [7, 11) is 1.71. The number of carbonyl (C=O) groups is 1. The maximum Gasteiger partial charge on any atom is 0.222 e. The van der Waals surface area contributed by atoms with Crippen molar-refractivity contribution in [2.75, 3.05) is 20.1 Å². The molecule has 0 aromatic rings. The van der Waals surface area contributed by atoms with E-state index in [4.69, 9.17) is 0 Å². The van der Waals surface area contributed by atoms with Gasteiger partial charge in [-0.25, -0.2) is 0 Å². The van der Waals surface area contributed by atoms with Crippen molar-refractivity contribution in [1.29, 1.82) is 5.26 Å². The summed E-state index contributed by atoms with van der Waals surface area (Å²) < 4.78 is 0. The number of likely N-dealkylation sites (tertiary alicyclic amines) is 1. The summed E-state index contributed by atoms with van der Waals surface area (Å²) in [5.41, 5.74) is 0. The van der Waals surface area contributed by atoms with E-state index in [9.17, 15) is 10.1 Å². The summed E-state index contributed by atoms with van der Waals surface area (Å²) in [4.78, 5) is 14.1. The lowest BCUT2D eigenvalue weighted by atomic mass is 9.90. The number of hydrogen-bond donors (Lipinski definition) is 1. The Balaban J connectivity index is 1.92. The third kappa shape index (κ3) is 3.48. The van der Waals surface area contributed by atoms with Gasteiger partial charge in [0.15, 0.2) is 0 Å². The van der Waals surface area contributed by atoms with Crippen LogP contribution < -0.4 is 5.32 Å². The summed E-state index contributed by atoms with van der Waals surface area (Å²) in [5, 5.41) is 12.1. The van der Waals surface area contributed by atoms with E-state index in [1.54, 1.807) is 7.05 Å². The monoisotopic (exact) mass is 263 g/mol. The first kappa shape index (κ1) is 14.3. The van der Waals surface area contributed by atoms with E-state index in [0.717, 1.165) is 38.8 Å². The van der Waals surface area contributed by atoms with Crippen molar-refractivity contribution in [3.8, 4) is 6.07 Å². The third-order valence-corrected chi connectivity index (χ3v) is 4.76. The molecular formula is C15H25N3O. The van der Waals surface area contributed by atoms with E-state index >= 15 is 0 Å². The standard InChI is InChI=1S/C15H25N3O/c1-17-15(19)12-7-9-18(10-8-12)14-6-4-2-3-5-13(14)11-16/h12-14H,2-10H2,1H3,(H,17,19). The van der Waals surface area contributed by atoms with Crippen LogP contribution in [0.25, 0.3) is 0 Å². The number of nitrogens with zero attached hydrogens (tertiary/aromatic N) is 2. The molecule has 1 heterocycles. The number of hydrogen-bond acceptors (Lipinski definition) is 3. The first-order valence-corrected chi connectivity index (χ1v) is 7.61. The van der Waals surface area contributed by atoms with Gasteiger partial charge in [-0.05, 0) is 38.8 Å². The molecule has 4 nitrogen and oxygen atoms in total. The number of nitriles is 1. The van der Waals surface area contributed by atoms with Gasteiger partial charge >= 0.3 is 0 Å². The Bertz CT molecular complexity index is 342. The van der Waals surface area contributed by atoms with Crippen molar-refractivity contribution in [1.82, 2.24) is 10.2 Å². The predicted octanol–water partition coefficient (Wildman–Crippen LogP) is 1.92. The molecule has 1 aliphatic heterocycles. The van der Waals surface area contributed by atoms with Crippen LogP contribution >= 0.6 is 0 Å². The van der Waals surface area contributed by atoms with Crippen molar-refractivity contribution in [3.63, 3.8) is 0 Å². The summed E-state index contributed by atoms with van der Waals surface area (Å²) in [6.07, 6.45) is 7.80. The second-order valence-electron chi connectivity index (χ2n) is 5.87. The molecule has 4 heteroatoms. The van der Waals surface area contributed by atoms with Gasteiger partial charge in [-0.2, -0.15) is 5.26 Å². The van der Waals surface area contributed by atoms with Gasteiger partial charge in [-0.1, -0.05) is 19.3 Å². The predicted molar refractivity (Wildman–Crippen MR) is 74.3 cm³/mol. The molecular weight excluding hydrogens is 238 g/mol. The zero-order chi connectivity index (χ0) is 13.7. The molecule has 2 fully saturated rings. The maximum atomic E-state index is 11.6. The largest absolute Gasteiger partial charge is 0.359 e. The summed E-state index contributed by atoms with van der Waals surface area (Å²) >= 11 is 0. The molecule has 0 aromatic carbocycles. The highest BCUT2D eigenvalue weighted by Crippen LogP contribution is 2.30. The molecule has 2 atom stereocenters. The normalized spacial score (nSPS) is 30.3. The highest BCUT2D eigenvalue weighted by molar-refractivity contribution is 5.78. The smallest absolute Gasteiger partial charge is 0.222 e. The highest BCUT2D eigenvalue weighted by Gasteiger charge is 2.32. The van der Waals surface area contributed by atoms with E-state index in [2.05, 4.69) is 16.3 Å². The zero-order valence-corrected chi connectivity index (χ0v) is 11.9. The molecule has 1 aliphatic carbocycles. The highest BCUT2D eigenvalue weighted by atomic mass is 16.1. The van der Waals surface area contributed by atoms with Gasteiger partial charge in [-0.15, -0.1) is 0 Å². The van der Waals surface area contributed by atoms with Gasteiger partial charge < -0.3 is 5.32 Å². The van der Waals surface area contributed by atoms with Crippen LogP contribution in [0.1, 0.15) is 44.9 Å². The summed E-state index contributed by atoms with van der Waals surface area (Å²) in [6.45, 7) is 1.95. The molecule has 2 unspecified atom stereocenters. The maximum absolute atomic E-state index is 11.6. The van der Waals surface area contributed by atoms with Crippen LogP contribution in [0.4, 0.5) is 0 Å². The van der Waals surface area contributed by atoms with Crippen molar-refractivity contribution in [3.05, 3.63) is 0 Å². The second kappa shape index (κ2) is 6.91. The van der Waals surface area contributed by atoms with Crippen LogP contribution in [0.5, 0.6) is 0 Å². The number of carbonyl (C=O) groups excluding carboxylic acids is 1. The first-order valence-electron chi connectivity index (χ1n) is 7.61. The Hall–Kier alpha value is -1.08. The molecule has 2 rings (SSSR count). The fourth-order valence-electron chi connectivity index (χ4n) is 3.57. The van der Waals surface area contributed by atoms with Gasteiger partial charge in [0.25, 0.3) is 0 Å². The third-order valence-electron chi connectivity index (χ3n) is 4.76. The van der Waals surface area contributed by atoms with Gasteiger partial charge in [0.2, 0.25) is 5.91 Å². The average molecular weight is 263 g/mol. The lowest BCUT2D eigenvalue weighted by Crippen LogP contribution is -2.46. The van der Waals surface area contributed by atoms with E-state index in [1.165, 1.54) is 19.3 Å². The number of nitrogens with one attached hydrogen (secondary N) is 1. The average Bonchev–Trinajstić information content (AvgIpc) is 2.71. The molecule has 0 aromatic heterocycles. The molecule has 0 bridgehead atoms.